The van der Waals surface area contributed by atoms with E-state index in [9.17, 15) is 13.2 Å². The molecule has 1 aromatic carbocycles. The third-order valence-corrected chi connectivity index (χ3v) is 6.44. The first-order valence-electron chi connectivity index (χ1n) is 8.69. The summed E-state index contributed by atoms with van der Waals surface area (Å²) in [4.78, 5) is 11.9. The minimum absolute atomic E-state index is 0.0353. The second-order valence-electron chi connectivity index (χ2n) is 5.91. The summed E-state index contributed by atoms with van der Waals surface area (Å²) in [6, 6.07) is 4.34. The van der Waals surface area contributed by atoms with Crippen LogP contribution < -0.4 is 10.1 Å². The summed E-state index contributed by atoms with van der Waals surface area (Å²) in [6.07, 6.45) is 1.95. The second-order valence-corrected chi connectivity index (χ2v) is 8.25. The molecule has 26 heavy (non-hydrogen) atoms. The molecular weight excluding hydrogens is 380 g/mol. The van der Waals surface area contributed by atoms with Gasteiger partial charge in [-0.2, -0.15) is 4.31 Å². The summed E-state index contributed by atoms with van der Waals surface area (Å²) in [5.41, 5.74) is 0. The first-order chi connectivity index (χ1) is 12.4. The molecule has 7 nitrogen and oxygen atoms in total. The van der Waals surface area contributed by atoms with Crippen LogP contribution in [0.4, 0.5) is 0 Å². The van der Waals surface area contributed by atoms with Gasteiger partial charge in [-0.3, -0.25) is 4.79 Å². The van der Waals surface area contributed by atoms with Crippen LogP contribution in [0.3, 0.4) is 0 Å². The van der Waals surface area contributed by atoms with Gasteiger partial charge in [-0.1, -0.05) is 25.4 Å². The lowest BCUT2D eigenvalue weighted by Crippen LogP contribution is -2.35. The first kappa shape index (κ1) is 21.0. The molecule has 146 valence electrons. The fraction of sp³-hybridized carbons (Fsp3) is 0.588. The average Bonchev–Trinajstić information content (AvgIpc) is 3.13. The quantitative estimate of drug-likeness (QED) is 0.680. The van der Waals surface area contributed by atoms with E-state index in [-0.39, 0.29) is 34.3 Å². The number of amides is 1. The predicted molar refractivity (Wildman–Crippen MR) is 99.0 cm³/mol. The first-order valence-corrected chi connectivity index (χ1v) is 10.5. The van der Waals surface area contributed by atoms with Gasteiger partial charge < -0.3 is 14.8 Å². The number of nitrogens with zero attached hydrogens (tertiary/aromatic N) is 1. The summed E-state index contributed by atoms with van der Waals surface area (Å²) in [5.74, 6) is -0.227. The van der Waals surface area contributed by atoms with Gasteiger partial charge in [0.05, 0.1) is 6.10 Å². The fourth-order valence-corrected chi connectivity index (χ4v) is 4.58. The molecule has 0 aromatic heterocycles. The van der Waals surface area contributed by atoms with Crippen molar-refractivity contribution >= 4 is 27.5 Å². The number of sulfonamides is 1. The fourth-order valence-electron chi connectivity index (χ4n) is 2.73. The molecule has 9 heteroatoms. The third kappa shape index (κ3) is 5.33. The third-order valence-electron chi connectivity index (χ3n) is 4.14. The van der Waals surface area contributed by atoms with Crippen LogP contribution >= 0.6 is 11.6 Å². The van der Waals surface area contributed by atoms with E-state index in [0.717, 1.165) is 12.8 Å². The molecule has 1 amide bonds. The van der Waals surface area contributed by atoms with Crippen molar-refractivity contribution in [3.8, 4) is 5.75 Å². The molecule has 1 aliphatic heterocycles. The number of rotatable bonds is 9. The highest BCUT2D eigenvalue weighted by Crippen LogP contribution is 2.29. The maximum atomic E-state index is 12.8. The van der Waals surface area contributed by atoms with Crippen molar-refractivity contribution in [3.05, 3.63) is 23.2 Å². The van der Waals surface area contributed by atoms with E-state index < -0.39 is 10.0 Å². The summed E-state index contributed by atoms with van der Waals surface area (Å²) >= 11 is 5.97. The summed E-state index contributed by atoms with van der Waals surface area (Å²) in [5, 5.41) is 3.02. The van der Waals surface area contributed by atoms with Crippen LogP contribution in [-0.4, -0.2) is 57.6 Å². The average molecular weight is 405 g/mol. The van der Waals surface area contributed by atoms with Crippen LogP contribution in [0.5, 0.6) is 5.75 Å². The van der Waals surface area contributed by atoms with E-state index in [0.29, 0.717) is 26.2 Å². The Morgan fingerprint density at radius 3 is 2.73 bits per heavy atom. The van der Waals surface area contributed by atoms with Gasteiger partial charge >= 0.3 is 0 Å². The normalized spacial score (nSPS) is 17.5. The van der Waals surface area contributed by atoms with Crippen LogP contribution in [0, 0.1) is 0 Å². The molecule has 0 radical (unpaired) electrons. The maximum absolute atomic E-state index is 12.8. The Kier molecular flexibility index (Phi) is 7.69. The Hall–Kier alpha value is -1.35. The van der Waals surface area contributed by atoms with Crippen molar-refractivity contribution in [2.75, 3.05) is 32.8 Å². The van der Waals surface area contributed by atoms with Gasteiger partial charge in [0.2, 0.25) is 10.0 Å². The van der Waals surface area contributed by atoms with Crippen LogP contribution in [0.2, 0.25) is 5.02 Å². The summed E-state index contributed by atoms with van der Waals surface area (Å²) < 4.78 is 37.8. The topological polar surface area (TPSA) is 84.9 Å². The van der Waals surface area contributed by atoms with E-state index >= 15 is 0 Å². The lowest BCUT2D eigenvalue weighted by molar-refractivity contribution is -0.123. The number of carbonyl (C=O) groups is 1. The molecule has 1 aromatic rings. The molecule has 1 N–H and O–H groups in total. The van der Waals surface area contributed by atoms with Gasteiger partial charge in [-0.25, -0.2) is 8.42 Å². The van der Waals surface area contributed by atoms with Crippen LogP contribution in [0.15, 0.2) is 23.1 Å². The van der Waals surface area contributed by atoms with E-state index in [4.69, 9.17) is 21.1 Å². The highest BCUT2D eigenvalue weighted by Gasteiger charge is 2.26. The van der Waals surface area contributed by atoms with Crippen molar-refractivity contribution in [2.45, 2.75) is 37.7 Å². The zero-order chi connectivity index (χ0) is 19.2. The molecule has 2 rings (SSSR count). The Morgan fingerprint density at radius 2 is 2.12 bits per heavy atom. The molecule has 0 aliphatic carbocycles. The second kappa shape index (κ2) is 9.55. The zero-order valence-corrected chi connectivity index (χ0v) is 16.6. The molecule has 0 unspecified atom stereocenters. The molecule has 0 saturated carbocycles. The molecule has 0 spiro atoms. The van der Waals surface area contributed by atoms with Gasteiger partial charge in [0.1, 0.15) is 10.6 Å². The van der Waals surface area contributed by atoms with Gasteiger partial charge in [0.25, 0.3) is 5.91 Å². The largest absolute Gasteiger partial charge is 0.482 e. The van der Waals surface area contributed by atoms with Crippen LogP contribution in [0.1, 0.15) is 26.7 Å². The maximum Gasteiger partial charge on any atom is 0.258 e. The highest BCUT2D eigenvalue weighted by molar-refractivity contribution is 7.89. The van der Waals surface area contributed by atoms with E-state index in [1.807, 2.05) is 0 Å². The molecule has 1 aliphatic rings. The number of hydrogen-bond donors (Lipinski definition) is 1. The van der Waals surface area contributed by atoms with Crippen LogP contribution in [0.25, 0.3) is 0 Å². The Morgan fingerprint density at radius 1 is 1.38 bits per heavy atom. The Bertz CT molecular complexity index is 716. The molecule has 0 bridgehead atoms. The summed E-state index contributed by atoms with van der Waals surface area (Å²) in [6.45, 7) is 5.02. The minimum Gasteiger partial charge on any atom is -0.482 e. The smallest absolute Gasteiger partial charge is 0.258 e. The SMILES string of the molecule is CCN(CC)S(=O)(=O)c1cc(Cl)ccc1OCC(=O)NC[C@H]1CCCO1. The highest BCUT2D eigenvalue weighted by atomic mass is 35.5. The monoisotopic (exact) mass is 404 g/mol. The number of carbonyl (C=O) groups excluding carboxylic acids is 1. The van der Waals surface area contributed by atoms with Crippen LogP contribution in [-0.2, 0) is 19.6 Å². The van der Waals surface area contributed by atoms with Crippen molar-refractivity contribution in [1.29, 1.82) is 0 Å². The lowest BCUT2D eigenvalue weighted by Gasteiger charge is -2.20. The van der Waals surface area contributed by atoms with E-state index in [1.54, 1.807) is 13.8 Å². The molecule has 1 heterocycles. The van der Waals surface area contributed by atoms with Crippen molar-refractivity contribution in [1.82, 2.24) is 9.62 Å². The van der Waals surface area contributed by atoms with Crippen molar-refractivity contribution in [2.24, 2.45) is 0 Å². The van der Waals surface area contributed by atoms with Crippen molar-refractivity contribution < 1.29 is 22.7 Å². The Labute approximate surface area is 159 Å². The summed E-state index contributed by atoms with van der Waals surface area (Å²) in [7, 11) is -3.76. The Balaban J connectivity index is 2.05. The molecule has 1 saturated heterocycles. The van der Waals surface area contributed by atoms with Crippen molar-refractivity contribution in [3.63, 3.8) is 0 Å². The number of hydrogen-bond acceptors (Lipinski definition) is 5. The number of ether oxygens (including phenoxy) is 2. The van der Waals surface area contributed by atoms with Gasteiger partial charge in [-0.05, 0) is 31.0 Å². The van der Waals surface area contributed by atoms with Gasteiger partial charge in [0, 0.05) is 31.3 Å². The zero-order valence-electron chi connectivity index (χ0n) is 15.0. The standard InChI is InChI=1S/C17H25ClN2O5S/c1-3-20(4-2)26(22,23)16-10-13(18)7-8-15(16)25-12-17(21)19-11-14-6-5-9-24-14/h7-8,10,14H,3-6,9,11-12H2,1-2H3,(H,19,21)/t14-/m1/s1. The van der Waals surface area contributed by atoms with Gasteiger partial charge in [0.15, 0.2) is 6.61 Å². The van der Waals surface area contributed by atoms with E-state index in [2.05, 4.69) is 5.32 Å². The predicted octanol–water partition coefficient (Wildman–Crippen LogP) is 2.04. The number of halogens is 1. The lowest BCUT2D eigenvalue weighted by atomic mass is 10.2. The molecular formula is C17H25ClN2O5S. The van der Waals surface area contributed by atoms with E-state index in [1.165, 1.54) is 22.5 Å². The molecule has 1 fully saturated rings. The minimum atomic E-state index is -3.76. The number of benzene rings is 1. The molecule has 1 atom stereocenters. The number of nitrogens with one attached hydrogen (secondary N) is 1. The van der Waals surface area contributed by atoms with Gasteiger partial charge in [-0.15, -0.1) is 0 Å².